The molecule has 5 nitrogen and oxygen atoms in total. The zero-order valence-corrected chi connectivity index (χ0v) is 13.6. The van der Waals surface area contributed by atoms with Crippen molar-refractivity contribution in [3.63, 3.8) is 0 Å². The van der Waals surface area contributed by atoms with Gasteiger partial charge in [0.05, 0.1) is 18.7 Å². The summed E-state index contributed by atoms with van der Waals surface area (Å²) in [4.78, 5) is 12.0. The van der Waals surface area contributed by atoms with Crippen LogP contribution in [0.2, 0.25) is 0 Å². The number of ether oxygens (including phenoxy) is 1. The maximum atomic E-state index is 13.6. The summed E-state index contributed by atoms with van der Waals surface area (Å²) in [6.45, 7) is 2.41. The van der Waals surface area contributed by atoms with Crippen molar-refractivity contribution >= 4 is 18.3 Å². The van der Waals surface area contributed by atoms with Crippen LogP contribution in [0.25, 0.3) is 0 Å². The molecule has 0 bridgehead atoms. The topological polar surface area (TPSA) is 77.5 Å². The van der Waals surface area contributed by atoms with Crippen molar-refractivity contribution in [2.24, 2.45) is 5.73 Å². The minimum Gasteiger partial charge on any atom is -0.486 e. The first kappa shape index (κ1) is 19.0. The zero-order valence-electron chi connectivity index (χ0n) is 12.8. The number of hydrogen-bond donors (Lipinski definition) is 2. The number of rotatable bonds is 7. The molecule has 1 aromatic carbocycles. The van der Waals surface area contributed by atoms with Gasteiger partial charge in [-0.1, -0.05) is 19.1 Å². The molecule has 7 heteroatoms. The Hall–Kier alpha value is -2.05. The van der Waals surface area contributed by atoms with Crippen LogP contribution in [0.5, 0.6) is 5.75 Å². The Kier molecular flexibility index (Phi) is 7.57. The Labute approximate surface area is 140 Å². The maximum Gasteiger partial charge on any atom is 0.254 e. The molecule has 1 heterocycles. The largest absolute Gasteiger partial charge is 0.486 e. The molecule has 0 saturated carbocycles. The Bertz CT molecular complexity index is 633. The third-order valence-electron chi connectivity index (χ3n) is 3.19. The molecular formula is C16H20ClFN2O3. The quantitative estimate of drug-likeness (QED) is 0.811. The maximum absolute atomic E-state index is 13.6. The standard InChI is InChI=1S/C16H19FN2O3.ClH/c1-2-12(22-15-6-4-3-5-14(15)17)9-19-16(20)11-7-13(8-18)21-10-11;/h3-7,10,12H,2,8-9,18H2,1H3,(H,19,20);1H. The number of benzene rings is 1. The molecule has 0 aliphatic carbocycles. The summed E-state index contributed by atoms with van der Waals surface area (Å²) < 4.78 is 24.2. The van der Waals surface area contributed by atoms with Crippen molar-refractivity contribution in [2.75, 3.05) is 6.54 Å². The van der Waals surface area contributed by atoms with E-state index in [1.54, 1.807) is 24.3 Å². The van der Waals surface area contributed by atoms with Crippen LogP contribution >= 0.6 is 12.4 Å². The molecule has 0 aliphatic rings. The number of para-hydroxylation sites is 1. The van der Waals surface area contributed by atoms with Gasteiger partial charge in [0.15, 0.2) is 11.6 Å². The van der Waals surface area contributed by atoms with E-state index < -0.39 is 5.82 Å². The van der Waals surface area contributed by atoms with E-state index in [1.165, 1.54) is 12.3 Å². The molecule has 3 N–H and O–H groups in total. The highest BCUT2D eigenvalue weighted by atomic mass is 35.5. The van der Waals surface area contributed by atoms with Gasteiger partial charge >= 0.3 is 0 Å². The van der Waals surface area contributed by atoms with Gasteiger partial charge in [0, 0.05) is 0 Å². The number of nitrogens with one attached hydrogen (secondary N) is 1. The van der Waals surface area contributed by atoms with Gasteiger partial charge in [0.1, 0.15) is 18.1 Å². The zero-order chi connectivity index (χ0) is 15.9. The van der Waals surface area contributed by atoms with Crippen molar-refractivity contribution in [2.45, 2.75) is 26.0 Å². The normalized spacial score (nSPS) is 11.4. The fourth-order valence-electron chi connectivity index (χ4n) is 1.90. The van der Waals surface area contributed by atoms with Crippen molar-refractivity contribution < 1.29 is 18.3 Å². The molecule has 1 amide bonds. The number of carbonyl (C=O) groups is 1. The van der Waals surface area contributed by atoms with Gasteiger partial charge in [0.25, 0.3) is 5.91 Å². The Morgan fingerprint density at radius 1 is 1.43 bits per heavy atom. The number of amides is 1. The fourth-order valence-corrected chi connectivity index (χ4v) is 1.90. The summed E-state index contributed by atoms with van der Waals surface area (Å²) >= 11 is 0. The lowest BCUT2D eigenvalue weighted by Gasteiger charge is -2.18. The second-order valence-corrected chi connectivity index (χ2v) is 4.79. The molecule has 0 spiro atoms. The molecule has 1 atom stereocenters. The summed E-state index contributed by atoms with van der Waals surface area (Å²) in [5, 5.41) is 2.74. The van der Waals surface area contributed by atoms with E-state index in [4.69, 9.17) is 14.9 Å². The minimum absolute atomic E-state index is 0. The Balaban J connectivity index is 0.00000264. The van der Waals surface area contributed by atoms with Crippen LogP contribution in [0.1, 0.15) is 29.5 Å². The highest BCUT2D eigenvalue weighted by Gasteiger charge is 2.14. The van der Waals surface area contributed by atoms with E-state index in [1.807, 2.05) is 6.92 Å². The van der Waals surface area contributed by atoms with Crippen molar-refractivity contribution in [1.82, 2.24) is 5.32 Å². The van der Waals surface area contributed by atoms with Gasteiger partial charge in [-0.25, -0.2) is 4.39 Å². The molecule has 23 heavy (non-hydrogen) atoms. The summed E-state index contributed by atoms with van der Waals surface area (Å²) in [6, 6.07) is 7.78. The fraction of sp³-hybridized carbons (Fsp3) is 0.312. The highest BCUT2D eigenvalue weighted by molar-refractivity contribution is 5.93. The molecule has 0 saturated heterocycles. The first-order chi connectivity index (χ1) is 10.6. The smallest absolute Gasteiger partial charge is 0.254 e. The van der Waals surface area contributed by atoms with Crippen LogP contribution in [0, 0.1) is 5.82 Å². The van der Waals surface area contributed by atoms with Crippen LogP contribution in [0.3, 0.4) is 0 Å². The average molecular weight is 343 g/mol. The Morgan fingerprint density at radius 2 is 2.17 bits per heavy atom. The predicted molar refractivity (Wildman–Crippen MR) is 87.3 cm³/mol. The van der Waals surface area contributed by atoms with Gasteiger partial charge in [-0.05, 0) is 24.6 Å². The van der Waals surface area contributed by atoms with Crippen LogP contribution in [0.4, 0.5) is 4.39 Å². The SMILES string of the molecule is CCC(CNC(=O)c1coc(CN)c1)Oc1ccccc1F.Cl. The molecule has 1 aromatic heterocycles. The predicted octanol–water partition coefficient (Wildman–Crippen LogP) is 2.89. The summed E-state index contributed by atoms with van der Waals surface area (Å²) in [5.41, 5.74) is 5.83. The molecule has 2 aromatic rings. The number of nitrogens with two attached hydrogens (primary N) is 1. The molecule has 2 rings (SSSR count). The number of halogens is 2. The summed E-state index contributed by atoms with van der Waals surface area (Å²) in [5.74, 6) is 0.0193. The monoisotopic (exact) mass is 342 g/mol. The Morgan fingerprint density at radius 3 is 2.78 bits per heavy atom. The third kappa shape index (κ3) is 5.26. The second-order valence-electron chi connectivity index (χ2n) is 4.79. The molecule has 1 unspecified atom stereocenters. The van der Waals surface area contributed by atoms with E-state index in [2.05, 4.69) is 5.32 Å². The molecular weight excluding hydrogens is 323 g/mol. The van der Waals surface area contributed by atoms with Gasteiger partial charge in [-0.2, -0.15) is 0 Å². The lowest BCUT2D eigenvalue weighted by Crippen LogP contribution is -2.35. The average Bonchev–Trinajstić information content (AvgIpc) is 3.02. The van der Waals surface area contributed by atoms with Crippen LogP contribution in [0.15, 0.2) is 41.0 Å². The van der Waals surface area contributed by atoms with E-state index in [0.29, 0.717) is 17.7 Å². The van der Waals surface area contributed by atoms with Crippen LogP contribution in [-0.4, -0.2) is 18.6 Å². The first-order valence-corrected chi connectivity index (χ1v) is 7.11. The van der Waals surface area contributed by atoms with Crippen LogP contribution < -0.4 is 15.8 Å². The molecule has 0 radical (unpaired) electrons. The first-order valence-electron chi connectivity index (χ1n) is 7.11. The number of furan rings is 1. The summed E-state index contributed by atoms with van der Waals surface area (Å²) in [7, 11) is 0. The van der Waals surface area contributed by atoms with Gasteiger partial charge in [0.2, 0.25) is 0 Å². The summed E-state index contributed by atoms with van der Waals surface area (Å²) in [6.07, 6.45) is 1.67. The van der Waals surface area contributed by atoms with Gasteiger partial charge in [-0.15, -0.1) is 12.4 Å². The molecule has 0 fully saturated rings. The van der Waals surface area contributed by atoms with Crippen molar-refractivity contribution in [3.05, 3.63) is 53.7 Å². The van der Waals surface area contributed by atoms with Gasteiger partial charge in [-0.3, -0.25) is 4.79 Å². The van der Waals surface area contributed by atoms with Gasteiger partial charge < -0.3 is 20.2 Å². The number of hydrogen-bond acceptors (Lipinski definition) is 4. The van der Waals surface area contributed by atoms with E-state index in [0.717, 1.165) is 0 Å². The number of carbonyl (C=O) groups excluding carboxylic acids is 1. The van der Waals surface area contributed by atoms with Crippen molar-refractivity contribution in [3.8, 4) is 5.75 Å². The third-order valence-corrected chi connectivity index (χ3v) is 3.19. The highest BCUT2D eigenvalue weighted by Crippen LogP contribution is 2.17. The van der Waals surface area contributed by atoms with E-state index in [-0.39, 0.29) is 43.3 Å². The van der Waals surface area contributed by atoms with Crippen molar-refractivity contribution in [1.29, 1.82) is 0 Å². The molecule has 0 aliphatic heterocycles. The second kappa shape index (κ2) is 9.17. The van der Waals surface area contributed by atoms with E-state index >= 15 is 0 Å². The molecule has 126 valence electrons. The lowest BCUT2D eigenvalue weighted by molar-refractivity contribution is 0.0924. The lowest BCUT2D eigenvalue weighted by atomic mass is 10.2. The minimum atomic E-state index is -0.422. The van der Waals surface area contributed by atoms with Crippen LogP contribution in [-0.2, 0) is 6.54 Å². The van der Waals surface area contributed by atoms with E-state index in [9.17, 15) is 9.18 Å².